The average molecular weight is 561 g/mol. The minimum absolute atomic E-state index is 0.107. The summed E-state index contributed by atoms with van der Waals surface area (Å²) < 4.78 is 22.5. The van der Waals surface area contributed by atoms with Crippen LogP contribution < -0.4 is 14.2 Å². The van der Waals surface area contributed by atoms with Crippen LogP contribution in [0.2, 0.25) is 0 Å². The second-order valence-electron chi connectivity index (χ2n) is 10.2. The number of benzene rings is 3. The molecule has 6 nitrogen and oxygen atoms in total. The zero-order valence-corrected chi connectivity index (χ0v) is 24.9. The highest BCUT2D eigenvalue weighted by Gasteiger charge is 2.20. The van der Waals surface area contributed by atoms with E-state index in [9.17, 15) is 9.59 Å². The summed E-state index contributed by atoms with van der Waals surface area (Å²) in [7, 11) is 0. The van der Waals surface area contributed by atoms with Crippen molar-refractivity contribution >= 4 is 11.9 Å². The van der Waals surface area contributed by atoms with E-state index in [1.807, 2.05) is 50.2 Å². The third-order valence-corrected chi connectivity index (χ3v) is 6.95. The molecule has 0 aromatic heterocycles. The monoisotopic (exact) mass is 560 g/mol. The molecule has 0 aliphatic heterocycles. The van der Waals surface area contributed by atoms with Gasteiger partial charge >= 0.3 is 11.9 Å². The fourth-order valence-corrected chi connectivity index (χ4v) is 4.33. The highest BCUT2D eigenvalue weighted by Crippen LogP contribution is 2.24. The first-order valence-electron chi connectivity index (χ1n) is 15.0. The second kappa shape index (κ2) is 17.1. The molecule has 1 atom stereocenters. The zero-order valence-electron chi connectivity index (χ0n) is 24.9. The lowest BCUT2D eigenvalue weighted by Crippen LogP contribution is -2.29. The maximum atomic E-state index is 12.7. The number of ether oxygens (including phenoxy) is 4. The van der Waals surface area contributed by atoms with Crippen LogP contribution in [0.4, 0.5) is 0 Å². The fourth-order valence-electron chi connectivity index (χ4n) is 4.33. The highest BCUT2D eigenvalue weighted by molar-refractivity contribution is 5.91. The second-order valence-corrected chi connectivity index (χ2v) is 10.2. The first kappa shape index (κ1) is 31.7. The molecule has 0 bridgehead atoms. The molecule has 0 radical (unpaired) electrons. The van der Waals surface area contributed by atoms with Crippen molar-refractivity contribution in [2.75, 3.05) is 6.61 Å². The lowest BCUT2D eigenvalue weighted by Gasteiger charge is -2.18. The molecule has 220 valence electrons. The summed E-state index contributed by atoms with van der Waals surface area (Å²) in [4.78, 5) is 24.9. The molecule has 0 aliphatic rings. The Morgan fingerprint density at radius 1 is 0.659 bits per heavy atom. The predicted molar refractivity (Wildman–Crippen MR) is 163 cm³/mol. The van der Waals surface area contributed by atoms with Crippen molar-refractivity contribution in [1.29, 1.82) is 0 Å². The van der Waals surface area contributed by atoms with E-state index in [0.717, 1.165) is 42.7 Å². The topological polar surface area (TPSA) is 71.1 Å². The Morgan fingerprint density at radius 3 is 1.80 bits per heavy atom. The lowest BCUT2D eigenvalue weighted by atomic mass is 10.0. The molecule has 0 saturated carbocycles. The molecular formula is C35H44O6. The van der Waals surface area contributed by atoms with Crippen LogP contribution in [-0.2, 0) is 9.53 Å². The van der Waals surface area contributed by atoms with Crippen molar-refractivity contribution in [2.45, 2.75) is 91.3 Å². The molecule has 0 unspecified atom stereocenters. The lowest BCUT2D eigenvalue weighted by molar-refractivity contribution is -0.157. The summed E-state index contributed by atoms with van der Waals surface area (Å²) in [6.07, 6.45) is 8.13. The summed E-state index contributed by atoms with van der Waals surface area (Å²) in [5.74, 6) is 0.892. The van der Waals surface area contributed by atoms with Crippen molar-refractivity contribution in [3.63, 3.8) is 0 Å². The van der Waals surface area contributed by atoms with E-state index in [-0.39, 0.29) is 6.10 Å². The molecule has 3 aromatic rings. The van der Waals surface area contributed by atoms with Crippen LogP contribution in [0.5, 0.6) is 17.2 Å². The third-order valence-electron chi connectivity index (χ3n) is 6.95. The van der Waals surface area contributed by atoms with Gasteiger partial charge < -0.3 is 18.9 Å². The fraction of sp³-hybridized carbons (Fsp3) is 0.429. The maximum Gasteiger partial charge on any atom is 0.347 e. The number of esters is 2. The summed E-state index contributed by atoms with van der Waals surface area (Å²) >= 11 is 0. The average Bonchev–Trinajstić information content (AvgIpc) is 3.00. The normalized spacial score (nSPS) is 11.6. The molecule has 0 aliphatic carbocycles. The Labute approximate surface area is 245 Å². The molecule has 0 N–H and O–H groups in total. The molecule has 0 fully saturated rings. The van der Waals surface area contributed by atoms with Gasteiger partial charge in [-0.2, -0.15) is 0 Å². The number of hydrogen-bond acceptors (Lipinski definition) is 6. The van der Waals surface area contributed by atoms with Crippen LogP contribution in [-0.4, -0.2) is 30.8 Å². The Hall–Kier alpha value is -3.80. The van der Waals surface area contributed by atoms with Gasteiger partial charge in [0.2, 0.25) is 0 Å². The van der Waals surface area contributed by atoms with Gasteiger partial charge in [-0.05, 0) is 85.8 Å². The van der Waals surface area contributed by atoms with E-state index >= 15 is 0 Å². The van der Waals surface area contributed by atoms with Gasteiger partial charge in [-0.1, -0.05) is 77.1 Å². The van der Waals surface area contributed by atoms with Gasteiger partial charge in [0.05, 0.1) is 12.2 Å². The molecule has 41 heavy (non-hydrogen) atoms. The first-order valence-corrected chi connectivity index (χ1v) is 15.0. The van der Waals surface area contributed by atoms with Crippen molar-refractivity contribution in [2.24, 2.45) is 0 Å². The van der Waals surface area contributed by atoms with Gasteiger partial charge in [0, 0.05) is 0 Å². The van der Waals surface area contributed by atoms with Crippen LogP contribution in [0.1, 0.15) is 89.4 Å². The van der Waals surface area contributed by atoms with E-state index in [1.54, 1.807) is 43.3 Å². The van der Waals surface area contributed by atoms with Crippen molar-refractivity contribution in [3.05, 3.63) is 78.4 Å². The smallest absolute Gasteiger partial charge is 0.347 e. The first-order chi connectivity index (χ1) is 19.9. The minimum atomic E-state index is -0.739. The molecule has 3 aromatic carbocycles. The number of hydrogen-bond donors (Lipinski definition) is 0. The molecule has 0 spiro atoms. The molecule has 0 saturated heterocycles. The summed E-state index contributed by atoms with van der Waals surface area (Å²) in [6, 6.07) is 21.9. The minimum Gasteiger partial charge on any atom is -0.494 e. The largest absolute Gasteiger partial charge is 0.494 e. The van der Waals surface area contributed by atoms with Crippen LogP contribution in [0.3, 0.4) is 0 Å². The number of carbonyl (C=O) groups is 2. The summed E-state index contributed by atoms with van der Waals surface area (Å²) in [5.41, 5.74) is 2.50. The van der Waals surface area contributed by atoms with Crippen LogP contribution in [0, 0.1) is 0 Å². The van der Waals surface area contributed by atoms with Gasteiger partial charge in [0.1, 0.15) is 23.4 Å². The summed E-state index contributed by atoms with van der Waals surface area (Å²) in [6.45, 7) is 8.58. The van der Waals surface area contributed by atoms with E-state index in [2.05, 4.69) is 6.92 Å². The quantitative estimate of drug-likeness (QED) is 0.0933. The standard InChI is InChI=1S/C35H44O6/c1-5-8-9-10-11-12-25-38-31-19-17-28(18-20-31)27-13-15-29(16-14-27)35(37)41-33-23-21-32(22-24-33)39-26(4)34(36)40-30(6-2)7-3/h13-24,26,30H,5-12,25H2,1-4H3/t26-/m1/s1. The van der Waals surface area contributed by atoms with E-state index in [0.29, 0.717) is 17.1 Å². The van der Waals surface area contributed by atoms with Crippen LogP contribution in [0.15, 0.2) is 72.8 Å². The molecular weight excluding hydrogens is 516 g/mol. The van der Waals surface area contributed by atoms with Crippen LogP contribution in [0.25, 0.3) is 11.1 Å². The van der Waals surface area contributed by atoms with E-state index in [4.69, 9.17) is 18.9 Å². The predicted octanol–water partition coefficient (Wildman–Crippen LogP) is 8.81. The Morgan fingerprint density at radius 2 is 1.20 bits per heavy atom. The number of rotatable bonds is 17. The van der Waals surface area contributed by atoms with Gasteiger partial charge in [0.15, 0.2) is 6.10 Å². The maximum absolute atomic E-state index is 12.7. The zero-order chi connectivity index (χ0) is 29.5. The van der Waals surface area contributed by atoms with Crippen LogP contribution >= 0.6 is 0 Å². The van der Waals surface area contributed by atoms with Gasteiger partial charge in [-0.25, -0.2) is 9.59 Å². The van der Waals surface area contributed by atoms with Gasteiger partial charge in [-0.3, -0.25) is 0 Å². The molecule has 0 amide bonds. The third kappa shape index (κ3) is 10.6. The Kier molecular flexibility index (Phi) is 13.2. The molecule has 6 heteroatoms. The Bertz CT molecular complexity index is 1180. The number of unbranched alkanes of at least 4 members (excludes halogenated alkanes) is 5. The van der Waals surface area contributed by atoms with Crippen molar-refractivity contribution in [1.82, 2.24) is 0 Å². The van der Waals surface area contributed by atoms with Gasteiger partial charge in [-0.15, -0.1) is 0 Å². The van der Waals surface area contributed by atoms with E-state index < -0.39 is 18.0 Å². The van der Waals surface area contributed by atoms with Crippen molar-refractivity contribution in [3.8, 4) is 28.4 Å². The Balaban J connectivity index is 1.46. The molecule has 0 heterocycles. The molecule has 3 rings (SSSR count). The van der Waals surface area contributed by atoms with Gasteiger partial charge in [0.25, 0.3) is 0 Å². The van der Waals surface area contributed by atoms with E-state index in [1.165, 1.54) is 32.1 Å². The highest BCUT2D eigenvalue weighted by atomic mass is 16.6. The SMILES string of the molecule is CCCCCCCCOc1ccc(-c2ccc(C(=O)Oc3ccc(O[C@H](C)C(=O)OC(CC)CC)cc3)cc2)cc1. The van der Waals surface area contributed by atoms with Crippen molar-refractivity contribution < 1.29 is 28.5 Å². The number of carbonyl (C=O) groups excluding carboxylic acids is 2. The summed E-state index contributed by atoms with van der Waals surface area (Å²) in [5, 5.41) is 0.